The molecule has 1 aromatic heterocycles. The molecule has 1 aromatic carbocycles. The Balaban J connectivity index is 1.88. The third-order valence-corrected chi connectivity index (χ3v) is 5.79. The number of amides is 1. The normalized spacial score (nSPS) is 21.1. The molecule has 0 spiro atoms. The molecule has 2 aromatic rings. The third kappa shape index (κ3) is 3.14. The highest BCUT2D eigenvalue weighted by atomic mass is 19.2. The first kappa shape index (κ1) is 20.1. The van der Waals surface area contributed by atoms with Crippen molar-refractivity contribution in [3.8, 4) is 6.07 Å². The Morgan fingerprint density at radius 3 is 2.70 bits per heavy atom. The van der Waals surface area contributed by atoms with E-state index in [4.69, 9.17) is 5.11 Å². The summed E-state index contributed by atoms with van der Waals surface area (Å²) in [5, 5.41) is 19.8. The fourth-order valence-corrected chi connectivity index (χ4v) is 4.27. The Labute approximate surface area is 169 Å². The predicted octanol–water partition coefficient (Wildman–Crippen LogP) is 2.98. The lowest BCUT2D eigenvalue weighted by atomic mass is 10.0. The number of nitrogens with zero attached hydrogens (tertiary/aromatic N) is 3. The molecule has 0 radical (unpaired) electrons. The molecule has 1 saturated carbocycles. The summed E-state index contributed by atoms with van der Waals surface area (Å²) in [5.41, 5.74) is -2.42. The average molecular weight is 420 g/mol. The Morgan fingerprint density at radius 2 is 2.10 bits per heavy atom. The number of nitriles is 1. The van der Waals surface area contributed by atoms with E-state index in [1.54, 1.807) is 6.07 Å². The molecule has 2 aliphatic rings. The average Bonchev–Trinajstić information content (AvgIpc) is 3.46. The van der Waals surface area contributed by atoms with E-state index in [1.807, 2.05) is 5.32 Å². The van der Waals surface area contributed by atoms with Crippen LogP contribution >= 0.6 is 0 Å². The summed E-state index contributed by atoms with van der Waals surface area (Å²) in [6.45, 7) is 0.766. The van der Waals surface area contributed by atoms with E-state index in [0.29, 0.717) is 12.8 Å². The number of hydrogen-bond donors (Lipinski definition) is 2. The van der Waals surface area contributed by atoms with Gasteiger partial charge in [-0.2, -0.15) is 5.26 Å². The van der Waals surface area contributed by atoms with E-state index in [2.05, 4.69) is 0 Å². The van der Waals surface area contributed by atoms with Crippen LogP contribution in [0.5, 0.6) is 0 Å². The first-order valence-corrected chi connectivity index (χ1v) is 9.54. The van der Waals surface area contributed by atoms with Gasteiger partial charge in [-0.1, -0.05) is 0 Å². The van der Waals surface area contributed by atoms with E-state index in [9.17, 15) is 14.9 Å². The molecule has 2 fully saturated rings. The van der Waals surface area contributed by atoms with Gasteiger partial charge in [0.05, 0.1) is 35.2 Å². The van der Waals surface area contributed by atoms with Crippen molar-refractivity contribution >= 4 is 22.7 Å². The molecule has 4 rings (SSSR count). The molecule has 10 heteroatoms. The highest BCUT2D eigenvalue weighted by Gasteiger charge is 2.41. The van der Waals surface area contributed by atoms with Crippen LogP contribution in [0.4, 0.5) is 23.7 Å². The Bertz CT molecular complexity index is 1170. The zero-order valence-corrected chi connectivity index (χ0v) is 16.1. The van der Waals surface area contributed by atoms with Crippen LogP contribution in [0.25, 0.3) is 10.9 Å². The number of rotatable bonds is 4. The summed E-state index contributed by atoms with van der Waals surface area (Å²) in [4.78, 5) is 24.6. The molecule has 1 saturated heterocycles. The van der Waals surface area contributed by atoms with Gasteiger partial charge in [0, 0.05) is 30.6 Å². The first-order valence-electron chi connectivity index (χ1n) is 9.54. The Kier molecular flexibility index (Phi) is 4.64. The summed E-state index contributed by atoms with van der Waals surface area (Å²) in [5.74, 6) is -2.47. The molecular weight excluding hydrogens is 401 g/mol. The van der Waals surface area contributed by atoms with Crippen LogP contribution in [-0.4, -0.2) is 41.1 Å². The SMILES string of the molecule is Cc1c(N2CCC(F)(CNC(=O)O)C2)c(F)c(F)c2c(C#N)cc(=O)n(C3CC3)c12. The number of fused-ring (bicyclic) bond motifs is 1. The van der Waals surface area contributed by atoms with Crippen molar-refractivity contribution in [1.29, 1.82) is 5.26 Å². The molecule has 158 valence electrons. The Morgan fingerprint density at radius 1 is 1.40 bits per heavy atom. The number of aromatic nitrogens is 1. The maximum atomic E-state index is 15.1. The monoisotopic (exact) mass is 420 g/mol. The Hall–Kier alpha value is -3.22. The molecule has 2 heterocycles. The largest absolute Gasteiger partial charge is 0.465 e. The van der Waals surface area contributed by atoms with Gasteiger partial charge in [-0.05, 0) is 19.8 Å². The number of anilines is 1. The maximum Gasteiger partial charge on any atom is 0.404 e. The molecule has 0 bridgehead atoms. The zero-order chi connectivity index (χ0) is 21.8. The van der Waals surface area contributed by atoms with Gasteiger partial charge >= 0.3 is 6.09 Å². The second-order valence-electron chi connectivity index (χ2n) is 7.92. The summed E-state index contributed by atoms with van der Waals surface area (Å²) in [6, 6.07) is 2.63. The van der Waals surface area contributed by atoms with Crippen LogP contribution < -0.4 is 15.8 Å². The van der Waals surface area contributed by atoms with Crippen LogP contribution in [0.2, 0.25) is 0 Å². The molecule has 2 N–H and O–H groups in total. The number of alkyl halides is 1. The molecule has 7 nitrogen and oxygen atoms in total. The van der Waals surface area contributed by atoms with Gasteiger partial charge in [-0.15, -0.1) is 0 Å². The zero-order valence-electron chi connectivity index (χ0n) is 16.1. The summed E-state index contributed by atoms with van der Waals surface area (Å²) in [7, 11) is 0. The van der Waals surface area contributed by atoms with Crippen molar-refractivity contribution in [3.05, 3.63) is 39.2 Å². The molecular formula is C20H19F3N4O3. The molecule has 1 unspecified atom stereocenters. The number of nitrogens with one attached hydrogen (secondary N) is 1. The van der Waals surface area contributed by atoms with Crippen LogP contribution in [0.1, 0.15) is 36.4 Å². The fraction of sp³-hybridized carbons (Fsp3) is 0.450. The smallest absolute Gasteiger partial charge is 0.404 e. The highest BCUT2D eigenvalue weighted by Crippen LogP contribution is 2.42. The number of carboxylic acid groups (broad SMARTS) is 1. The van der Waals surface area contributed by atoms with Crippen molar-refractivity contribution in [3.63, 3.8) is 0 Å². The number of hydrogen-bond acceptors (Lipinski definition) is 4. The number of pyridine rings is 1. The predicted molar refractivity (Wildman–Crippen MR) is 103 cm³/mol. The van der Waals surface area contributed by atoms with Gasteiger partial charge in [0.1, 0.15) is 11.7 Å². The van der Waals surface area contributed by atoms with Gasteiger partial charge in [0.25, 0.3) is 5.56 Å². The summed E-state index contributed by atoms with van der Waals surface area (Å²) < 4.78 is 46.7. The number of aryl methyl sites for hydroxylation is 1. The van der Waals surface area contributed by atoms with E-state index in [0.717, 1.165) is 6.07 Å². The molecule has 1 aliphatic carbocycles. The van der Waals surface area contributed by atoms with Crippen LogP contribution in [0.3, 0.4) is 0 Å². The number of carbonyl (C=O) groups is 1. The van der Waals surface area contributed by atoms with E-state index < -0.39 is 35.5 Å². The summed E-state index contributed by atoms with van der Waals surface area (Å²) >= 11 is 0. The first-order chi connectivity index (χ1) is 14.2. The van der Waals surface area contributed by atoms with Gasteiger partial charge < -0.3 is 19.9 Å². The van der Waals surface area contributed by atoms with Crippen LogP contribution in [-0.2, 0) is 0 Å². The van der Waals surface area contributed by atoms with E-state index >= 15 is 13.2 Å². The quantitative estimate of drug-likeness (QED) is 0.793. The third-order valence-electron chi connectivity index (χ3n) is 5.79. The van der Waals surface area contributed by atoms with Crippen molar-refractivity contribution < 1.29 is 23.1 Å². The maximum absolute atomic E-state index is 15.1. The molecule has 1 amide bonds. The lowest BCUT2D eigenvalue weighted by Gasteiger charge is -2.26. The molecule has 1 aliphatic heterocycles. The minimum atomic E-state index is -1.94. The van der Waals surface area contributed by atoms with E-state index in [-0.39, 0.29) is 53.3 Å². The van der Waals surface area contributed by atoms with Crippen LogP contribution in [0, 0.1) is 29.9 Å². The molecule has 30 heavy (non-hydrogen) atoms. The van der Waals surface area contributed by atoms with Crippen molar-refractivity contribution in [1.82, 2.24) is 9.88 Å². The number of halogens is 3. The fourth-order valence-electron chi connectivity index (χ4n) is 4.27. The van der Waals surface area contributed by atoms with E-state index in [1.165, 1.54) is 16.4 Å². The minimum absolute atomic E-state index is 0.0477. The second-order valence-corrected chi connectivity index (χ2v) is 7.92. The van der Waals surface area contributed by atoms with Crippen molar-refractivity contribution in [2.45, 2.75) is 37.9 Å². The lowest BCUT2D eigenvalue weighted by Crippen LogP contribution is -2.41. The lowest BCUT2D eigenvalue weighted by molar-refractivity contribution is 0.163. The summed E-state index contributed by atoms with van der Waals surface area (Å²) in [6.07, 6.45) is -0.0128. The standard InChI is InChI=1S/C20H19F3N4O3/c1-10-17-14(11(7-24)6-13(28)27(17)12-2-3-12)15(21)16(22)18(10)26-5-4-20(23,9-26)8-25-19(29)30/h6,12,25H,2-5,8-9H2,1H3,(H,29,30). The number of benzene rings is 1. The highest BCUT2D eigenvalue weighted by molar-refractivity contribution is 5.92. The van der Waals surface area contributed by atoms with Crippen molar-refractivity contribution in [2.24, 2.45) is 0 Å². The van der Waals surface area contributed by atoms with Gasteiger partial charge in [0.15, 0.2) is 11.6 Å². The van der Waals surface area contributed by atoms with Crippen LogP contribution in [0.15, 0.2) is 10.9 Å². The van der Waals surface area contributed by atoms with Gasteiger partial charge in [-0.3, -0.25) is 4.79 Å². The topological polar surface area (TPSA) is 98.4 Å². The van der Waals surface area contributed by atoms with Crippen molar-refractivity contribution in [2.75, 3.05) is 24.5 Å². The van der Waals surface area contributed by atoms with Gasteiger partial charge in [0.2, 0.25) is 0 Å². The van der Waals surface area contributed by atoms with Gasteiger partial charge in [-0.25, -0.2) is 18.0 Å². The molecule has 1 atom stereocenters. The second kappa shape index (κ2) is 6.93. The minimum Gasteiger partial charge on any atom is -0.465 e.